The van der Waals surface area contributed by atoms with E-state index in [1.54, 1.807) is 11.8 Å². The van der Waals surface area contributed by atoms with Crippen molar-refractivity contribution in [2.45, 2.75) is 6.92 Å². The average molecular weight is 255 g/mol. The van der Waals surface area contributed by atoms with Crippen LogP contribution in [0.25, 0.3) is 0 Å². The van der Waals surface area contributed by atoms with Crippen LogP contribution in [-0.2, 0) is 0 Å². The molecule has 0 aliphatic carbocycles. The van der Waals surface area contributed by atoms with Gasteiger partial charge in [0.25, 0.3) is 0 Å². The highest BCUT2D eigenvalue weighted by atomic mass is 32.2. The van der Waals surface area contributed by atoms with Gasteiger partial charge in [-0.05, 0) is 24.0 Å². The lowest BCUT2D eigenvalue weighted by Gasteiger charge is -2.13. The van der Waals surface area contributed by atoms with Crippen LogP contribution in [0, 0.1) is 5.92 Å². The number of carbonyl (C=O) groups is 1. The van der Waals surface area contributed by atoms with Gasteiger partial charge in [0.05, 0.1) is 11.3 Å². The Morgan fingerprint density at radius 1 is 1.71 bits per heavy atom. The third-order valence-electron chi connectivity index (χ3n) is 2.23. The molecule has 0 radical (unpaired) electrons. The van der Waals surface area contributed by atoms with Crippen LogP contribution in [0.15, 0.2) is 12.3 Å². The Bertz CT molecular complexity index is 398. The predicted octanol–water partition coefficient (Wildman–Crippen LogP) is 1.77. The summed E-state index contributed by atoms with van der Waals surface area (Å²) in [5, 5.41) is 11.9. The number of hydrogen-bond acceptors (Lipinski definition) is 5. The molecular weight excluding hydrogens is 238 g/mol. The molecule has 1 atom stereocenters. The standard InChI is InChI=1S/C11H17N3O2S/c1-7(6-17-2)4-13-10-9(12)3-8(5-14-10)11(15)16/h3,5,7H,4,6,12H2,1-2H3,(H,13,14)(H,15,16). The second kappa shape index (κ2) is 6.34. The fraction of sp³-hybridized carbons (Fsp3) is 0.455. The van der Waals surface area contributed by atoms with E-state index in [1.165, 1.54) is 12.3 Å². The molecule has 1 aromatic rings. The number of thioether (sulfide) groups is 1. The number of aromatic nitrogens is 1. The van der Waals surface area contributed by atoms with Crippen molar-refractivity contribution in [3.8, 4) is 0 Å². The summed E-state index contributed by atoms with van der Waals surface area (Å²) < 4.78 is 0. The smallest absolute Gasteiger partial charge is 0.337 e. The number of nitrogens with zero attached hydrogens (tertiary/aromatic N) is 1. The van der Waals surface area contributed by atoms with Gasteiger partial charge in [-0.1, -0.05) is 6.92 Å². The fourth-order valence-electron chi connectivity index (χ4n) is 1.36. The lowest BCUT2D eigenvalue weighted by molar-refractivity contribution is 0.0696. The Morgan fingerprint density at radius 3 is 2.94 bits per heavy atom. The van der Waals surface area contributed by atoms with E-state index in [4.69, 9.17) is 10.8 Å². The molecule has 0 aromatic carbocycles. The molecule has 1 unspecified atom stereocenters. The molecule has 94 valence electrons. The molecule has 1 aromatic heterocycles. The minimum atomic E-state index is -1.02. The fourth-order valence-corrected chi connectivity index (χ4v) is 2.05. The highest BCUT2D eigenvalue weighted by molar-refractivity contribution is 7.98. The second-order valence-electron chi connectivity index (χ2n) is 3.91. The summed E-state index contributed by atoms with van der Waals surface area (Å²) in [4.78, 5) is 14.7. The van der Waals surface area contributed by atoms with Gasteiger partial charge in [0.15, 0.2) is 0 Å². The zero-order valence-electron chi connectivity index (χ0n) is 9.93. The van der Waals surface area contributed by atoms with E-state index in [0.29, 0.717) is 17.4 Å². The maximum Gasteiger partial charge on any atom is 0.337 e. The first-order chi connectivity index (χ1) is 8.04. The zero-order valence-corrected chi connectivity index (χ0v) is 10.8. The molecular formula is C11H17N3O2S. The van der Waals surface area contributed by atoms with E-state index < -0.39 is 5.97 Å². The molecule has 0 bridgehead atoms. The van der Waals surface area contributed by atoms with Crippen LogP contribution >= 0.6 is 11.8 Å². The summed E-state index contributed by atoms with van der Waals surface area (Å²) >= 11 is 1.79. The largest absolute Gasteiger partial charge is 0.478 e. The first-order valence-electron chi connectivity index (χ1n) is 5.26. The van der Waals surface area contributed by atoms with Crippen LogP contribution in [0.1, 0.15) is 17.3 Å². The number of carboxylic acid groups (broad SMARTS) is 1. The zero-order chi connectivity index (χ0) is 12.8. The van der Waals surface area contributed by atoms with E-state index in [-0.39, 0.29) is 5.56 Å². The number of nitrogens with one attached hydrogen (secondary N) is 1. The molecule has 0 spiro atoms. The molecule has 4 N–H and O–H groups in total. The van der Waals surface area contributed by atoms with Gasteiger partial charge in [-0.2, -0.15) is 11.8 Å². The van der Waals surface area contributed by atoms with Gasteiger partial charge >= 0.3 is 5.97 Å². The molecule has 1 heterocycles. The SMILES string of the molecule is CSCC(C)CNc1ncc(C(=O)O)cc1N. The van der Waals surface area contributed by atoms with Crippen LogP contribution in [0.4, 0.5) is 11.5 Å². The number of rotatable bonds is 6. The number of nitrogen functional groups attached to an aromatic ring is 1. The molecule has 6 heteroatoms. The summed E-state index contributed by atoms with van der Waals surface area (Å²) in [5.41, 5.74) is 6.19. The van der Waals surface area contributed by atoms with Crippen molar-refractivity contribution in [3.63, 3.8) is 0 Å². The lowest BCUT2D eigenvalue weighted by atomic mass is 10.2. The Morgan fingerprint density at radius 2 is 2.41 bits per heavy atom. The average Bonchev–Trinajstić information content (AvgIpc) is 2.27. The van der Waals surface area contributed by atoms with Crippen molar-refractivity contribution in [2.75, 3.05) is 29.6 Å². The van der Waals surface area contributed by atoms with Gasteiger partial charge in [-0.25, -0.2) is 9.78 Å². The van der Waals surface area contributed by atoms with Crippen molar-refractivity contribution in [2.24, 2.45) is 5.92 Å². The highest BCUT2D eigenvalue weighted by Crippen LogP contribution is 2.17. The number of aromatic carboxylic acids is 1. The summed E-state index contributed by atoms with van der Waals surface area (Å²) in [6, 6.07) is 1.41. The van der Waals surface area contributed by atoms with Gasteiger partial charge in [-0.3, -0.25) is 0 Å². The van der Waals surface area contributed by atoms with E-state index in [0.717, 1.165) is 12.3 Å². The van der Waals surface area contributed by atoms with Crippen molar-refractivity contribution < 1.29 is 9.90 Å². The molecule has 0 aliphatic rings. The maximum absolute atomic E-state index is 10.7. The van der Waals surface area contributed by atoms with Crippen molar-refractivity contribution in [3.05, 3.63) is 17.8 Å². The second-order valence-corrected chi connectivity index (χ2v) is 4.82. The van der Waals surface area contributed by atoms with Crippen molar-refractivity contribution in [1.82, 2.24) is 4.98 Å². The van der Waals surface area contributed by atoms with Crippen LogP contribution in [0.2, 0.25) is 0 Å². The monoisotopic (exact) mass is 255 g/mol. The van der Waals surface area contributed by atoms with Gasteiger partial charge < -0.3 is 16.2 Å². The first-order valence-corrected chi connectivity index (χ1v) is 6.65. The van der Waals surface area contributed by atoms with Crippen LogP contribution in [-0.4, -0.2) is 34.6 Å². The quantitative estimate of drug-likeness (QED) is 0.718. The predicted molar refractivity (Wildman–Crippen MR) is 71.6 cm³/mol. The lowest BCUT2D eigenvalue weighted by Crippen LogP contribution is -2.15. The summed E-state index contributed by atoms with van der Waals surface area (Å²) in [5.74, 6) is 1.08. The summed E-state index contributed by atoms with van der Waals surface area (Å²) in [7, 11) is 0. The van der Waals surface area contributed by atoms with E-state index >= 15 is 0 Å². The first kappa shape index (κ1) is 13.6. The minimum Gasteiger partial charge on any atom is -0.478 e. The minimum absolute atomic E-state index is 0.102. The molecule has 5 nitrogen and oxygen atoms in total. The van der Waals surface area contributed by atoms with E-state index in [9.17, 15) is 4.79 Å². The van der Waals surface area contributed by atoms with E-state index in [1.807, 2.05) is 0 Å². The molecule has 0 saturated heterocycles. The summed E-state index contributed by atoms with van der Waals surface area (Å²) in [6.45, 7) is 2.90. The molecule has 1 rings (SSSR count). The third kappa shape index (κ3) is 4.14. The molecule has 0 fully saturated rings. The Kier molecular flexibility index (Phi) is 5.09. The van der Waals surface area contributed by atoms with Crippen LogP contribution < -0.4 is 11.1 Å². The Hall–Kier alpha value is -1.43. The number of carboxylic acids is 1. The number of hydrogen-bond donors (Lipinski definition) is 3. The highest BCUT2D eigenvalue weighted by Gasteiger charge is 2.08. The topological polar surface area (TPSA) is 88.2 Å². The van der Waals surface area contributed by atoms with Gasteiger partial charge in [0.1, 0.15) is 5.82 Å². The van der Waals surface area contributed by atoms with Crippen LogP contribution in [0.5, 0.6) is 0 Å². The summed E-state index contributed by atoms with van der Waals surface area (Å²) in [6.07, 6.45) is 3.37. The molecule has 0 amide bonds. The van der Waals surface area contributed by atoms with Gasteiger partial charge in [0.2, 0.25) is 0 Å². The number of anilines is 2. The van der Waals surface area contributed by atoms with Gasteiger partial charge in [0, 0.05) is 12.7 Å². The van der Waals surface area contributed by atoms with Crippen LogP contribution in [0.3, 0.4) is 0 Å². The molecule has 17 heavy (non-hydrogen) atoms. The Balaban J connectivity index is 2.63. The van der Waals surface area contributed by atoms with Crippen molar-refractivity contribution in [1.29, 1.82) is 0 Å². The van der Waals surface area contributed by atoms with E-state index in [2.05, 4.69) is 23.5 Å². The Labute approximate surface area is 105 Å². The van der Waals surface area contributed by atoms with Crippen molar-refractivity contribution >= 4 is 29.2 Å². The third-order valence-corrected chi connectivity index (χ3v) is 3.14. The van der Waals surface area contributed by atoms with Gasteiger partial charge in [-0.15, -0.1) is 0 Å². The maximum atomic E-state index is 10.7. The number of nitrogens with two attached hydrogens (primary N) is 1. The molecule has 0 aliphatic heterocycles. The normalized spacial score (nSPS) is 12.1. The molecule has 0 saturated carbocycles. The number of pyridine rings is 1.